The number of unbranched alkanes of at least 4 members (excludes halogenated alkanes) is 1. The van der Waals surface area contributed by atoms with Crippen LogP contribution in [0.2, 0.25) is 0 Å². The van der Waals surface area contributed by atoms with E-state index in [1.165, 1.54) is 19.2 Å². The van der Waals surface area contributed by atoms with Crippen molar-refractivity contribution in [3.8, 4) is 34.8 Å². The molecule has 4 aromatic rings. The SMILES string of the molecule is CCCCOc1cccc(C(=O)Oc2ccc3c(c2)OC(N)=C(C#N)C3c2ccc(OCc3ccc(F)cc3)c(OC)c2)c1. The van der Waals surface area contributed by atoms with Crippen LogP contribution in [-0.2, 0) is 6.61 Å². The van der Waals surface area contributed by atoms with Crippen LogP contribution < -0.4 is 29.4 Å². The maximum Gasteiger partial charge on any atom is 0.343 e. The summed E-state index contributed by atoms with van der Waals surface area (Å²) in [7, 11) is 1.52. The van der Waals surface area contributed by atoms with Crippen molar-refractivity contribution in [2.75, 3.05) is 13.7 Å². The number of fused-ring (bicyclic) bond motifs is 1. The normalized spacial score (nSPS) is 13.7. The van der Waals surface area contributed by atoms with Crippen molar-refractivity contribution in [3.63, 3.8) is 0 Å². The smallest absolute Gasteiger partial charge is 0.343 e. The van der Waals surface area contributed by atoms with Crippen LogP contribution in [0.3, 0.4) is 0 Å². The van der Waals surface area contributed by atoms with Crippen LogP contribution in [-0.4, -0.2) is 19.7 Å². The summed E-state index contributed by atoms with van der Waals surface area (Å²) >= 11 is 0. The van der Waals surface area contributed by atoms with Gasteiger partial charge in [0.25, 0.3) is 0 Å². The van der Waals surface area contributed by atoms with E-state index < -0.39 is 11.9 Å². The first-order valence-corrected chi connectivity index (χ1v) is 14.1. The Kier molecular flexibility index (Phi) is 9.31. The number of rotatable bonds is 11. The third kappa shape index (κ3) is 6.76. The van der Waals surface area contributed by atoms with E-state index in [4.69, 9.17) is 29.4 Å². The number of carbonyl (C=O) groups is 1. The number of ether oxygens (including phenoxy) is 5. The molecule has 4 aromatic carbocycles. The third-order valence-corrected chi connectivity index (χ3v) is 7.07. The molecule has 1 unspecified atom stereocenters. The fraction of sp³-hybridized carbons (Fsp3) is 0.200. The first-order valence-electron chi connectivity index (χ1n) is 14.1. The molecule has 9 heteroatoms. The van der Waals surface area contributed by atoms with Gasteiger partial charge in [-0.3, -0.25) is 0 Å². The van der Waals surface area contributed by atoms with Gasteiger partial charge in [0, 0.05) is 11.6 Å². The molecule has 8 nitrogen and oxygen atoms in total. The van der Waals surface area contributed by atoms with Gasteiger partial charge in [0.1, 0.15) is 41.3 Å². The number of hydrogen-bond donors (Lipinski definition) is 1. The Labute approximate surface area is 255 Å². The van der Waals surface area contributed by atoms with Gasteiger partial charge in [0.05, 0.1) is 25.2 Å². The molecular formula is C35H31FN2O6. The lowest BCUT2D eigenvalue weighted by Crippen LogP contribution is -2.21. The number of hydrogen-bond acceptors (Lipinski definition) is 8. The van der Waals surface area contributed by atoms with Crippen LogP contribution in [0.1, 0.15) is 52.7 Å². The van der Waals surface area contributed by atoms with Crippen molar-refractivity contribution < 1.29 is 32.9 Å². The van der Waals surface area contributed by atoms with Crippen molar-refractivity contribution in [2.45, 2.75) is 32.3 Å². The second kappa shape index (κ2) is 13.7. The Balaban J connectivity index is 1.38. The molecule has 0 aromatic heterocycles. The number of nitrogens with two attached hydrogens (primary N) is 1. The Morgan fingerprint density at radius 2 is 1.80 bits per heavy atom. The molecule has 5 rings (SSSR count). The molecule has 1 aliphatic rings. The van der Waals surface area contributed by atoms with E-state index in [0.29, 0.717) is 46.3 Å². The van der Waals surface area contributed by atoms with Gasteiger partial charge < -0.3 is 29.4 Å². The second-order valence-corrected chi connectivity index (χ2v) is 10.1. The zero-order chi connectivity index (χ0) is 31.1. The minimum absolute atomic E-state index is 0.0546. The first-order chi connectivity index (χ1) is 21.4. The first kappa shape index (κ1) is 30.0. The van der Waals surface area contributed by atoms with Crippen LogP contribution in [0.4, 0.5) is 4.39 Å². The summed E-state index contributed by atoms with van der Waals surface area (Å²) in [4.78, 5) is 12.9. The summed E-state index contributed by atoms with van der Waals surface area (Å²) in [5, 5.41) is 9.99. The van der Waals surface area contributed by atoms with Crippen molar-refractivity contribution in [1.82, 2.24) is 0 Å². The molecule has 0 amide bonds. The Morgan fingerprint density at radius 1 is 0.977 bits per heavy atom. The molecule has 0 fully saturated rings. The predicted octanol–water partition coefficient (Wildman–Crippen LogP) is 7.03. The Bertz CT molecular complexity index is 1730. The van der Waals surface area contributed by atoms with E-state index >= 15 is 0 Å². The van der Waals surface area contributed by atoms with Gasteiger partial charge in [-0.05, 0) is 66.1 Å². The lowest BCUT2D eigenvalue weighted by molar-refractivity contribution is 0.0734. The van der Waals surface area contributed by atoms with Crippen LogP contribution >= 0.6 is 0 Å². The quantitative estimate of drug-likeness (QED) is 0.112. The van der Waals surface area contributed by atoms with Gasteiger partial charge in [-0.2, -0.15) is 5.26 Å². The van der Waals surface area contributed by atoms with Crippen molar-refractivity contribution >= 4 is 5.97 Å². The minimum Gasteiger partial charge on any atom is -0.494 e. The van der Waals surface area contributed by atoms with E-state index in [2.05, 4.69) is 13.0 Å². The number of carbonyl (C=O) groups excluding carboxylic acids is 1. The molecule has 0 saturated heterocycles. The van der Waals surface area contributed by atoms with Crippen LogP contribution in [0.25, 0.3) is 0 Å². The number of nitriles is 1. The average molecular weight is 595 g/mol. The highest BCUT2D eigenvalue weighted by atomic mass is 19.1. The largest absolute Gasteiger partial charge is 0.494 e. The maximum atomic E-state index is 13.3. The number of halogens is 1. The molecular weight excluding hydrogens is 563 g/mol. The number of esters is 1. The van der Waals surface area contributed by atoms with Gasteiger partial charge in [-0.15, -0.1) is 0 Å². The summed E-state index contributed by atoms with van der Waals surface area (Å²) in [6, 6.07) is 25.3. The summed E-state index contributed by atoms with van der Waals surface area (Å²) in [5.41, 5.74) is 8.93. The van der Waals surface area contributed by atoms with E-state index in [0.717, 1.165) is 18.4 Å². The lowest BCUT2D eigenvalue weighted by atomic mass is 9.83. The van der Waals surface area contributed by atoms with Gasteiger partial charge >= 0.3 is 5.97 Å². The van der Waals surface area contributed by atoms with Crippen molar-refractivity contribution in [3.05, 3.63) is 124 Å². The van der Waals surface area contributed by atoms with Gasteiger partial charge in [-0.1, -0.05) is 43.7 Å². The van der Waals surface area contributed by atoms with E-state index in [9.17, 15) is 14.4 Å². The average Bonchev–Trinajstić information content (AvgIpc) is 3.04. The molecule has 0 spiro atoms. The fourth-order valence-electron chi connectivity index (χ4n) is 4.78. The van der Waals surface area contributed by atoms with Gasteiger partial charge in [0.15, 0.2) is 11.5 Å². The maximum absolute atomic E-state index is 13.3. The van der Waals surface area contributed by atoms with E-state index in [1.54, 1.807) is 66.7 Å². The zero-order valence-corrected chi connectivity index (χ0v) is 24.3. The minimum atomic E-state index is -0.578. The summed E-state index contributed by atoms with van der Waals surface area (Å²) < 4.78 is 41.9. The highest BCUT2D eigenvalue weighted by Gasteiger charge is 2.32. The molecule has 44 heavy (non-hydrogen) atoms. The highest BCUT2D eigenvalue weighted by molar-refractivity contribution is 5.91. The van der Waals surface area contributed by atoms with Gasteiger partial charge in [-0.25, -0.2) is 9.18 Å². The molecule has 0 radical (unpaired) electrons. The molecule has 0 saturated carbocycles. The highest BCUT2D eigenvalue weighted by Crippen LogP contribution is 2.45. The van der Waals surface area contributed by atoms with E-state index in [1.807, 2.05) is 6.07 Å². The number of allylic oxidation sites excluding steroid dienone is 1. The second-order valence-electron chi connectivity index (χ2n) is 10.1. The third-order valence-electron chi connectivity index (χ3n) is 7.07. The summed E-state index contributed by atoms with van der Waals surface area (Å²) in [5.74, 6) is 0.603. The monoisotopic (exact) mass is 594 g/mol. The predicted molar refractivity (Wildman–Crippen MR) is 161 cm³/mol. The van der Waals surface area contributed by atoms with Crippen LogP contribution in [0.15, 0.2) is 96.4 Å². The molecule has 224 valence electrons. The number of methoxy groups -OCH3 is 1. The van der Waals surface area contributed by atoms with Crippen molar-refractivity contribution in [1.29, 1.82) is 5.26 Å². The zero-order valence-electron chi connectivity index (χ0n) is 24.3. The standard InChI is InChI=1S/C35H31FN2O6/c1-3-4-16-41-26-7-5-6-24(17-26)35(39)43-27-13-14-28-31(19-27)44-34(38)29(20-37)33(28)23-10-15-30(32(18-23)40-2)42-21-22-8-11-25(36)12-9-22/h5-15,17-19,33H,3-4,16,21,38H2,1-2H3. The molecule has 1 atom stereocenters. The number of nitrogens with zero attached hydrogens (tertiary/aromatic N) is 1. The Morgan fingerprint density at radius 3 is 2.55 bits per heavy atom. The van der Waals surface area contributed by atoms with Crippen LogP contribution in [0.5, 0.6) is 28.7 Å². The molecule has 0 bridgehead atoms. The fourth-order valence-corrected chi connectivity index (χ4v) is 4.78. The van der Waals surface area contributed by atoms with E-state index in [-0.39, 0.29) is 29.6 Å². The molecule has 0 aliphatic carbocycles. The Hall–Kier alpha value is -5.49. The summed E-state index contributed by atoms with van der Waals surface area (Å²) in [6.45, 7) is 2.85. The van der Waals surface area contributed by atoms with Crippen molar-refractivity contribution in [2.24, 2.45) is 5.73 Å². The number of benzene rings is 4. The van der Waals surface area contributed by atoms with Crippen LogP contribution in [0, 0.1) is 17.1 Å². The molecule has 1 aliphatic heterocycles. The van der Waals surface area contributed by atoms with Gasteiger partial charge in [0.2, 0.25) is 5.88 Å². The topological polar surface area (TPSA) is 113 Å². The molecule has 2 N–H and O–H groups in total. The summed E-state index contributed by atoms with van der Waals surface area (Å²) in [6.07, 6.45) is 1.92. The lowest BCUT2D eigenvalue weighted by Gasteiger charge is -2.27. The molecule has 1 heterocycles.